The van der Waals surface area contributed by atoms with Crippen LogP contribution in [-0.2, 0) is 6.54 Å². The minimum atomic E-state index is -0.192. The molecule has 9 heteroatoms. The maximum absolute atomic E-state index is 12.3. The number of halogens is 2. The van der Waals surface area contributed by atoms with Gasteiger partial charge in [-0.1, -0.05) is 16.8 Å². The van der Waals surface area contributed by atoms with Crippen molar-refractivity contribution in [2.45, 2.75) is 32.4 Å². The summed E-state index contributed by atoms with van der Waals surface area (Å²) < 4.78 is 2.61. The maximum Gasteiger partial charge on any atom is 0.274 e. The van der Waals surface area contributed by atoms with Gasteiger partial charge in [0.2, 0.25) is 0 Å². The number of amides is 1. The highest BCUT2D eigenvalue weighted by atomic mass is 35.5. The first-order valence-electron chi connectivity index (χ1n) is 7.30. The third-order valence-corrected chi connectivity index (χ3v) is 5.08. The molecule has 1 saturated heterocycles. The summed E-state index contributed by atoms with van der Waals surface area (Å²) in [6, 6.07) is 4.06. The van der Waals surface area contributed by atoms with Crippen molar-refractivity contribution in [3.63, 3.8) is 0 Å². The molecule has 0 aromatic carbocycles. The van der Waals surface area contributed by atoms with E-state index in [4.69, 9.17) is 11.6 Å². The Labute approximate surface area is 150 Å². The lowest BCUT2D eigenvalue weighted by Gasteiger charge is -2.23. The van der Waals surface area contributed by atoms with Gasteiger partial charge in [-0.15, -0.1) is 28.8 Å². The number of rotatable bonds is 4. The van der Waals surface area contributed by atoms with Crippen LogP contribution >= 0.6 is 35.3 Å². The fourth-order valence-corrected chi connectivity index (χ4v) is 3.67. The quantitative estimate of drug-likeness (QED) is 0.861. The van der Waals surface area contributed by atoms with Crippen molar-refractivity contribution in [1.29, 1.82) is 0 Å². The second-order valence-electron chi connectivity index (χ2n) is 5.34. The number of hydrogen-bond acceptors (Lipinski definition) is 5. The molecule has 0 aliphatic carbocycles. The van der Waals surface area contributed by atoms with Gasteiger partial charge in [0, 0.05) is 4.88 Å². The predicted octanol–water partition coefficient (Wildman–Crippen LogP) is 2.58. The van der Waals surface area contributed by atoms with Gasteiger partial charge in [-0.2, -0.15) is 0 Å². The Morgan fingerprint density at radius 2 is 2.22 bits per heavy atom. The molecule has 0 atom stereocenters. The van der Waals surface area contributed by atoms with Crippen LogP contribution in [0.5, 0.6) is 0 Å². The van der Waals surface area contributed by atoms with E-state index in [1.165, 1.54) is 11.3 Å². The lowest BCUT2D eigenvalue weighted by molar-refractivity contribution is 0.0945. The third-order valence-electron chi connectivity index (χ3n) is 3.85. The van der Waals surface area contributed by atoms with Gasteiger partial charge in [0.05, 0.1) is 22.6 Å². The summed E-state index contributed by atoms with van der Waals surface area (Å²) in [6.45, 7) is 4.31. The Morgan fingerprint density at radius 3 is 2.87 bits per heavy atom. The smallest absolute Gasteiger partial charge is 0.274 e. The molecule has 3 rings (SSSR count). The van der Waals surface area contributed by atoms with Crippen LogP contribution in [0, 0.1) is 6.92 Å². The molecular formula is C14H19Cl2N5OS. The average molecular weight is 376 g/mol. The third kappa shape index (κ3) is 4.23. The van der Waals surface area contributed by atoms with Gasteiger partial charge in [0.15, 0.2) is 5.69 Å². The molecule has 0 radical (unpaired) electrons. The van der Waals surface area contributed by atoms with Gasteiger partial charge in [0.25, 0.3) is 5.91 Å². The second-order valence-corrected chi connectivity index (χ2v) is 7.14. The molecular weight excluding hydrogens is 357 g/mol. The summed E-state index contributed by atoms with van der Waals surface area (Å²) in [6.07, 6.45) is 2.03. The van der Waals surface area contributed by atoms with E-state index in [2.05, 4.69) is 20.9 Å². The summed E-state index contributed by atoms with van der Waals surface area (Å²) >= 11 is 7.34. The Morgan fingerprint density at radius 1 is 1.48 bits per heavy atom. The first kappa shape index (κ1) is 18.2. The molecule has 2 aromatic rings. The lowest BCUT2D eigenvalue weighted by Crippen LogP contribution is -2.30. The van der Waals surface area contributed by atoms with Crippen molar-refractivity contribution in [2.24, 2.45) is 0 Å². The maximum atomic E-state index is 12.3. The fourth-order valence-electron chi connectivity index (χ4n) is 2.65. The first-order valence-corrected chi connectivity index (χ1v) is 8.49. The van der Waals surface area contributed by atoms with Crippen molar-refractivity contribution in [3.05, 3.63) is 32.7 Å². The van der Waals surface area contributed by atoms with Crippen molar-refractivity contribution in [3.8, 4) is 0 Å². The zero-order chi connectivity index (χ0) is 15.5. The Kier molecular flexibility index (Phi) is 6.41. The zero-order valence-corrected chi connectivity index (χ0v) is 15.1. The van der Waals surface area contributed by atoms with Gasteiger partial charge in [-0.25, -0.2) is 4.68 Å². The molecule has 2 N–H and O–H groups in total. The summed E-state index contributed by atoms with van der Waals surface area (Å²) in [5, 5.41) is 14.4. The van der Waals surface area contributed by atoms with Crippen molar-refractivity contribution >= 4 is 41.3 Å². The van der Waals surface area contributed by atoms with E-state index in [1.54, 1.807) is 0 Å². The SMILES string of the molecule is Cc1c(C(=O)NCc2ccc(Cl)s2)nnn1C1CCNCC1.Cl. The minimum absolute atomic E-state index is 0. The molecule has 23 heavy (non-hydrogen) atoms. The van der Waals surface area contributed by atoms with Crippen LogP contribution in [0.1, 0.15) is 39.9 Å². The number of nitrogens with one attached hydrogen (secondary N) is 2. The molecule has 0 bridgehead atoms. The topological polar surface area (TPSA) is 71.8 Å². The predicted molar refractivity (Wildman–Crippen MR) is 93.6 cm³/mol. The van der Waals surface area contributed by atoms with Crippen LogP contribution in [0.15, 0.2) is 12.1 Å². The molecule has 0 unspecified atom stereocenters. The van der Waals surface area contributed by atoms with Crippen LogP contribution < -0.4 is 10.6 Å². The molecule has 126 valence electrons. The van der Waals surface area contributed by atoms with E-state index in [-0.39, 0.29) is 18.3 Å². The molecule has 6 nitrogen and oxygen atoms in total. The number of thiophene rings is 1. The minimum Gasteiger partial charge on any atom is -0.346 e. The van der Waals surface area contributed by atoms with Gasteiger partial charge in [0.1, 0.15) is 0 Å². The molecule has 0 saturated carbocycles. The first-order chi connectivity index (χ1) is 10.6. The summed E-state index contributed by atoms with van der Waals surface area (Å²) in [5.74, 6) is -0.192. The highest BCUT2D eigenvalue weighted by molar-refractivity contribution is 7.16. The number of aromatic nitrogens is 3. The number of nitrogens with zero attached hydrogens (tertiary/aromatic N) is 3. The Balaban J connectivity index is 0.00000192. The zero-order valence-electron chi connectivity index (χ0n) is 12.7. The van der Waals surface area contributed by atoms with E-state index in [0.717, 1.165) is 40.8 Å². The van der Waals surface area contributed by atoms with Crippen LogP contribution in [-0.4, -0.2) is 34.0 Å². The van der Waals surface area contributed by atoms with Gasteiger partial charge >= 0.3 is 0 Å². The van der Waals surface area contributed by atoms with Crippen molar-refractivity contribution in [1.82, 2.24) is 25.6 Å². The summed E-state index contributed by atoms with van der Waals surface area (Å²) in [7, 11) is 0. The fraction of sp³-hybridized carbons (Fsp3) is 0.500. The van der Waals surface area contributed by atoms with Gasteiger partial charge < -0.3 is 10.6 Å². The molecule has 2 aromatic heterocycles. The van der Waals surface area contributed by atoms with Crippen molar-refractivity contribution in [2.75, 3.05) is 13.1 Å². The number of carbonyl (C=O) groups excluding carboxylic acids is 1. The second kappa shape index (κ2) is 8.10. The highest BCUT2D eigenvalue weighted by Crippen LogP contribution is 2.22. The highest BCUT2D eigenvalue weighted by Gasteiger charge is 2.22. The monoisotopic (exact) mass is 375 g/mol. The van der Waals surface area contributed by atoms with Crippen LogP contribution in [0.2, 0.25) is 4.34 Å². The van der Waals surface area contributed by atoms with Crippen LogP contribution in [0.3, 0.4) is 0 Å². The molecule has 1 fully saturated rings. The molecule has 3 heterocycles. The van der Waals surface area contributed by atoms with E-state index in [9.17, 15) is 4.79 Å². The molecule has 1 aliphatic rings. The number of piperidine rings is 1. The molecule has 0 spiro atoms. The Bertz CT molecular complexity index is 666. The Hall–Kier alpha value is -1.15. The average Bonchev–Trinajstić information content (AvgIpc) is 3.12. The lowest BCUT2D eigenvalue weighted by atomic mass is 10.1. The molecule has 1 aliphatic heterocycles. The summed E-state index contributed by atoms with van der Waals surface area (Å²) in [4.78, 5) is 13.3. The van der Waals surface area contributed by atoms with Crippen molar-refractivity contribution < 1.29 is 4.79 Å². The normalized spacial score (nSPS) is 15.2. The number of carbonyl (C=O) groups is 1. The van der Waals surface area contributed by atoms with E-state index in [1.807, 2.05) is 23.7 Å². The largest absolute Gasteiger partial charge is 0.346 e. The van der Waals surface area contributed by atoms with E-state index >= 15 is 0 Å². The standard InChI is InChI=1S/C14H18ClN5OS.ClH/c1-9-13(14(21)17-8-11-2-3-12(15)22-11)18-19-20(9)10-4-6-16-7-5-10;/h2-3,10,16H,4-8H2,1H3,(H,17,21);1H. The summed E-state index contributed by atoms with van der Waals surface area (Å²) in [5.41, 5.74) is 1.23. The van der Waals surface area contributed by atoms with Crippen LogP contribution in [0.25, 0.3) is 0 Å². The molecule has 1 amide bonds. The number of hydrogen-bond donors (Lipinski definition) is 2. The van der Waals surface area contributed by atoms with E-state index in [0.29, 0.717) is 18.3 Å². The van der Waals surface area contributed by atoms with Gasteiger partial charge in [-0.05, 0) is 45.0 Å². The van der Waals surface area contributed by atoms with Gasteiger partial charge in [-0.3, -0.25) is 4.79 Å². The van der Waals surface area contributed by atoms with E-state index < -0.39 is 0 Å². The van der Waals surface area contributed by atoms with Crippen LogP contribution in [0.4, 0.5) is 0 Å².